The van der Waals surface area contributed by atoms with Crippen molar-refractivity contribution in [2.75, 3.05) is 40.8 Å². The predicted molar refractivity (Wildman–Crippen MR) is 79.4 cm³/mol. The fourth-order valence-electron chi connectivity index (χ4n) is 2.53. The minimum absolute atomic E-state index is 0.148. The van der Waals surface area contributed by atoms with Crippen LogP contribution in [0, 0.1) is 0 Å². The third-order valence-electron chi connectivity index (χ3n) is 3.73. The van der Waals surface area contributed by atoms with Gasteiger partial charge in [-0.15, -0.1) is 0 Å². The second-order valence-electron chi connectivity index (χ2n) is 5.09. The number of benzene rings is 1. The Morgan fingerprint density at radius 2 is 2.00 bits per heavy atom. The molecule has 1 aromatic carbocycles. The number of ether oxygens (including phenoxy) is 1. The highest BCUT2D eigenvalue weighted by atomic mass is 16.5. The number of amides is 2. The van der Waals surface area contributed by atoms with Gasteiger partial charge in [0.2, 0.25) is 5.91 Å². The molecule has 0 spiro atoms. The Morgan fingerprint density at radius 3 is 2.67 bits per heavy atom. The molecule has 0 radical (unpaired) electrons. The summed E-state index contributed by atoms with van der Waals surface area (Å²) in [6.45, 7) is 1.79. The molecule has 1 unspecified atom stereocenters. The van der Waals surface area contributed by atoms with Gasteiger partial charge in [0.25, 0.3) is 5.91 Å². The molecule has 21 heavy (non-hydrogen) atoms. The van der Waals surface area contributed by atoms with Crippen LogP contribution in [0.1, 0.15) is 10.4 Å². The van der Waals surface area contributed by atoms with Gasteiger partial charge >= 0.3 is 0 Å². The number of carbonyl (C=O) groups is 2. The molecule has 114 valence electrons. The molecule has 2 amide bonds. The van der Waals surface area contributed by atoms with E-state index in [0.29, 0.717) is 24.4 Å². The standard InChI is InChI=1S/C15H21N3O3/c1-16-14(19)12-10-17(2)8-9-18(12)15(20)11-6-4-5-7-13(11)21-3/h4-7,12H,8-10H2,1-3H3,(H,16,19). The average molecular weight is 291 g/mol. The monoisotopic (exact) mass is 291 g/mol. The number of para-hydroxylation sites is 1. The molecule has 1 atom stereocenters. The largest absolute Gasteiger partial charge is 0.496 e. The first kappa shape index (κ1) is 15.3. The van der Waals surface area contributed by atoms with Gasteiger partial charge in [-0.05, 0) is 19.2 Å². The predicted octanol–water partition coefficient (Wildman–Crippen LogP) is 0.197. The van der Waals surface area contributed by atoms with Gasteiger partial charge in [0.05, 0.1) is 12.7 Å². The molecular weight excluding hydrogens is 270 g/mol. The smallest absolute Gasteiger partial charge is 0.258 e. The summed E-state index contributed by atoms with van der Waals surface area (Å²) in [6.07, 6.45) is 0. The number of methoxy groups -OCH3 is 1. The van der Waals surface area contributed by atoms with Gasteiger partial charge in [-0.1, -0.05) is 12.1 Å². The fourth-order valence-corrected chi connectivity index (χ4v) is 2.53. The Bertz CT molecular complexity index is 533. The zero-order valence-corrected chi connectivity index (χ0v) is 12.6. The molecule has 6 nitrogen and oxygen atoms in total. The zero-order chi connectivity index (χ0) is 15.4. The minimum Gasteiger partial charge on any atom is -0.496 e. The van der Waals surface area contributed by atoms with Crippen molar-refractivity contribution in [1.82, 2.24) is 15.1 Å². The average Bonchev–Trinajstić information content (AvgIpc) is 2.53. The van der Waals surface area contributed by atoms with Gasteiger partial charge in [0.15, 0.2) is 0 Å². The molecule has 0 aromatic heterocycles. The van der Waals surface area contributed by atoms with E-state index in [2.05, 4.69) is 5.32 Å². The van der Waals surface area contributed by atoms with Crippen molar-refractivity contribution in [3.05, 3.63) is 29.8 Å². The van der Waals surface area contributed by atoms with Crippen molar-refractivity contribution < 1.29 is 14.3 Å². The Balaban J connectivity index is 2.29. The normalized spacial score (nSPS) is 19.2. The molecule has 1 aliphatic rings. The number of carbonyl (C=O) groups excluding carboxylic acids is 2. The molecule has 1 heterocycles. The van der Waals surface area contributed by atoms with Crippen LogP contribution in [0.3, 0.4) is 0 Å². The second-order valence-corrected chi connectivity index (χ2v) is 5.09. The van der Waals surface area contributed by atoms with E-state index in [0.717, 1.165) is 6.54 Å². The molecule has 1 N–H and O–H groups in total. The number of piperazine rings is 1. The van der Waals surface area contributed by atoms with E-state index < -0.39 is 6.04 Å². The van der Waals surface area contributed by atoms with Crippen molar-refractivity contribution >= 4 is 11.8 Å². The third-order valence-corrected chi connectivity index (χ3v) is 3.73. The van der Waals surface area contributed by atoms with Gasteiger partial charge in [0, 0.05) is 26.7 Å². The summed E-state index contributed by atoms with van der Waals surface area (Å²) in [5.41, 5.74) is 0.485. The van der Waals surface area contributed by atoms with E-state index in [1.165, 1.54) is 7.11 Å². The van der Waals surface area contributed by atoms with Gasteiger partial charge in [-0.3, -0.25) is 9.59 Å². The van der Waals surface area contributed by atoms with Crippen LogP contribution in [0.25, 0.3) is 0 Å². The van der Waals surface area contributed by atoms with Crippen LogP contribution in [-0.2, 0) is 4.79 Å². The highest BCUT2D eigenvalue weighted by Gasteiger charge is 2.34. The summed E-state index contributed by atoms with van der Waals surface area (Å²) in [6, 6.07) is 6.60. The Morgan fingerprint density at radius 1 is 1.29 bits per heavy atom. The molecule has 0 aliphatic carbocycles. The molecule has 2 rings (SSSR count). The van der Waals surface area contributed by atoms with E-state index in [4.69, 9.17) is 4.74 Å². The topological polar surface area (TPSA) is 61.9 Å². The second kappa shape index (κ2) is 6.58. The van der Waals surface area contributed by atoms with Crippen LogP contribution in [0.5, 0.6) is 5.75 Å². The first-order chi connectivity index (χ1) is 10.1. The highest BCUT2D eigenvalue weighted by Crippen LogP contribution is 2.21. The lowest BCUT2D eigenvalue weighted by Crippen LogP contribution is -2.59. The summed E-state index contributed by atoms with van der Waals surface area (Å²) in [4.78, 5) is 28.5. The molecule has 0 bridgehead atoms. The van der Waals surface area contributed by atoms with E-state index in [1.54, 1.807) is 30.1 Å². The first-order valence-corrected chi connectivity index (χ1v) is 6.92. The molecule has 0 saturated carbocycles. The van der Waals surface area contributed by atoms with Crippen molar-refractivity contribution in [2.24, 2.45) is 0 Å². The van der Waals surface area contributed by atoms with Crippen molar-refractivity contribution in [3.63, 3.8) is 0 Å². The SMILES string of the molecule is CNC(=O)C1CN(C)CCN1C(=O)c1ccccc1OC. The van der Waals surface area contributed by atoms with Crippen molar-refractivity contribution in [3.8, 4) is 5.75 Å². The zero-order valence-electron chi connectivity index (χ0n) is 12.6. The van der Waals surface area contributed by atoms with Crippen molar-refractivity contribution in [1.29, 1.82) is 0 Å². The van der Waals surface area contributed by atoms with Crippen LogP contribution in [0.15, 0.2) is 24.3 Å². The maximum absolute atomic E-state index is 12.8. The summed E-state index contributed by atoms with van der Waals surface area (Å²) >= 11 is 0. The number of hydrogen-bond acceptors (Lipinski definition) is 4. The fraction of sp³-hybridized carbons (Fsp3) is 0.467. The summed E-state index contributed by atoms with van der Waals surface area (Å²) < 4.78 is 5.24. The molecule has 1 aliphatic heterocycles. The quantitative estimate of drug-likeness (QED) is 0.864. The Kier molecular flexibility index (Phi) is 4.80. The number of likely N-dealkylation sites (N-methyl/N-ethyl adjacent to an activating group) is 2. The lowest BCUT2D eigenvalue weighted by Gasteiger charge is -2.39. The summed E-state index contributed by atoms with van der Waals surface area (Å²) in [5.74, 6) is 0.205. The van der Waals surface area contributed by atoms with E-state index in [1.807, 2.05) is 18.0 Å². The number of hydrogen-bond donors (Lipinski definition) is 1. The molecule has 1 fully saturated rings. The number of nitrogens with one attached hydrogen (secondary N) is 1. The molecular formula is C15H21N3O3. The summed E-state index contributed by atoms with van der Waals surface area (Å²) in [5, 5.41) is 2.63. The van der Waals surface area contributed by atoms with E-state index in [9.17, 15) is 9.59 Å². The maximum atomic E-state index is 12.8. The van der Waals surface area contributed by atoms with Gasteiger partial charge in [0.1, 0.15) is 11.8 Å². The summed E-state index contributed by atoms with van der Waals surface area (Å²) in [7, 11) is 5.07. The number of nitrogens with zero attached hydrogens (tertiary/aromatic N) is 2. The Labute approximate surface area is 124 Å². The Hall–Kier alpha value is -2.08. The van der Waals surface area contributed by atoms with Gasteiger partial charge in [-0.25, -0.2) is 0 Å². The van der Waals surface area contributed by atoms with Gasteiger partial charge < -0.3 is 19.9 Å². The molecule has 6 heteroatoms. The molecule has 1 saturated heterocycles. The third kappa shape index (κ3) is 3.16. The highest BCUT2D eigenvalue weighted by molar-refractivity contribution is 5.99. The first-order valence-electron chi connectivity index (χ1n) is 6.92. The maximum Gasteiger partial charge on any atom is 0.258 e. The van der Waals surface area contributed by atoms with E-state index >= 15 is 0 Å². The minimum atomic E-state index is -0.480. The van der Waals surface area contributed by atoms with Crippen LogP contribution >= 0.6 is 0 Å². The van der Waals surface area contributed by atoms with E-state index in [-0.39, 0.29) is 11.8 Å². The van der Waals surface area contributed by atoms with Crippen LogP contribution < -0.4 is 10.1 Å². The lowest BCUT2D eigenvalue weighted by molar-refractivity contribution is -0.126. The van der Waals surface area contributed by atoms with Crippen LogP contribution in [-0.4, -0.2) is 68.5 Å². The lowest BCUT2D eigenvalue weighted by atomic mass is 10.1. The molecule has 1 aromatic rings. The number of rotatable bonds is 3. The van der Waals surface area contributed by atoms with Crippen molar-refractivity contribution in [2.45, 2.75) is 6.04 Å². The van der Waals surface area contributed by atoms with Crippen LogP contribution in [0.4, 0.5) is 0 Å². The van der Waals surface area contributed by atoms with Gasteiger partial charge in [-0.2, -0.15) is 0 Å². The van der Waals surface area contributed by atoms with Crippen LogP contribution in [0.2, 0.25) is 0 Å².